The molecule has 2 saturated heterocycles. The Kier molecular flexibility index (Phi) is 47.9. The molecule has 61 heavy (non-hydrogen) atoms. The number of unbranched alkanes of at least 4 members (excludes halogenated alkanes) is 1. The van der Waals surface area contributed by atoms with Crippen LogP contribution in [0.2, 0.25) is 175 Å². The largest absolute Gasteiger partial charge is 1.00 e. The van der Waals surface area contributed by atoms with Gasteiger partial charge in [-0.15, -0.1) is 20.8 Å². The van der Waals surface area contributed by atoms with Crippen LogP contribution in [-0.4, -0.2) is 108 Å². The second-order valence-electron chi connectivity index (χ2n) is 25.2. The molecule has 2 heterocycles. The molecule has 0 spiro atoms. The Morgan fingerprint density at radius 2 is 0.689 bits per heavy atom. The SMILES string of the molecule is C1CCOC1.C1CCOC1.CC(C)[Si](C)(C)Cl.CC(C)[Si](C)(C)P([Si](C)(C)C)[Si](C)(C)C.CO.C[Si](C)(C)P([Si](C)(C)C)[Si](C)(C)C.C[Si](C)(C)P[Si](C)(C)C.[CH2-]CCC.[Li+]. The van der Waals surface area contributed by atoms with Crippen LogP contribution in [0, 0.1) is 6.92 Å². The van der Waals surface area contributed by atoms with Gasteiger partial charge in [0.1, 0.15) is 0 Å². The van der Waals surface area contributed by atoms with Crippen LogP contribution in [0.3, 0.4) is 0 Å². The van der Waals surface area contributed by atoms with E-state index < -0.39 is 69.3 Å². The fraction of sp³-hybridized carbons (Fsp3) is 0.977. The minimum absolute atomic E-state index is 0. The molecule has 2 aliphatic heterocycles. The summed E-state index contributed by atoms with van der Waals surface area (Å²) in [4.78, 5) is 0. The van der Waals surface area contributed by atoms with Crippen molar-refractivity contribution in [3.05, 3.63) is 6.92 Å². The molecule has 0 atom stereocenters. The van der Waals surface area contributed by atoms with Gasteiger partial charge in [0, 0.05) is 33.5 Å². The fourth-order valence-corrected chi connectivity index (χ4v) is 194. The van der Waals surface area contributed by atoms with Crippen molar-refractivity contribution >= 4 is 101 Å². The predicted octanol–water partition coefficient (Wildman–Crippen LogP) is 16.7. The van der Waals surface area contributed by atoms with Gasteiger partial charge in [0.05, 0.1) is 61.9 Å². The Hall–Kier alpha value is 4.01. The van der Waals surface area contributed by atoms with Crippen LogP contribution in [0.1, 0.15) is 73.1 Å². The van der Waals surface area contributed by atoms with Crippen molar-refractivity contribution in [3.63, 3.8) is 0 Å². The van der Waals surface area contributed by atoms with Crippen molar-refractivity contribution in [2.24, 2.45) is 0 Å². The van der Waals surface area contributed by atoms with E-state index in [1.807, 2.05) is 0 Å². The Labute approximate surface area is 419 Å². The molecule has 0 aliphatic carbocycles. The molecule has 0 amide bonds. The van der Waals surface area contributed by atoms with E-state index in [4.69, 9.17) is 25.7 Å². The van der Waals surface area contributed by atoms with E-state index in [2.05, 4.69) is 205 Å². The molecule has 0 radical (unpaired) electrons. The van der Waals surface area contributed by atoms with Gasteiger partial charge in [-0.2, -0.15) is 17.5 Å². The van der Waals surface area contributed by atoms with E-state index in [0.717, 1.165) is 45.5 Å². The molecular weight excluding hydrogens is 965 g/mol. The van der Waals surface area contributed by atoms with E-state index in [-0.39, 0.29) is 18.9 Å². The standard InChI is InChI=1S/C11H31PSi3.C9H27PSi3.C6H19PSi2.C5H13ClSi.2C4H8O.C4H9.CH4O.Li/c1-11(2)15(9,10)12(13(3,4)5)14(6,7)8;1-11(2,3)10(12(4,5)6)13(7,8)9;1-8(2,3)7-9(4,5)6;1-5(2)7(3,4)6;2*1-2-4-5-3-1;1-3-4-2;1-2;/h11H,1-10H3;1-9H3;7H,1-6H3;5H,1-4H3;2*1-4H2;1,3-4H2,2H3;2H,1H3;/q;;;;;;-1;;+1. The molecule has 372 valence electrons. The van der Waals surface area contributed by atoms with Crippen LogP contribution in [0.5, 0.6) is 0 Å². The first-order valence-corrected chi connectivity index (χ1v) is 66.1. The Morgan fingerprint density at radius 3 is 0.721 bits per heavy atom. The van der Waals surface area contributed by atoms with E-state index in [1.165, 1.54) is 39.8 Å². The van der Waals surface area contributed by atoms with Crippen LogP contribution in [0.4, 0.5) is 0 Å². The van der Waals surface area contributed by atoms with Crippen LogP contribution in [0.25, 0.3) is 0 Å². The molecule has 0 bridgehead atoms. The van der Waals surface area contributed by atoms with E-state index in [0.29, 0.717) is 18.7 Å². The predicted molar refractivity (Wildman–Crippen MR) is 325 cm³/mol. The van der Waals surface area contributed by atoms with Gasteiger partial charge >= 0.3 is 18.9 Å². The number of aliphatic hydroxyl groups is 1. The third-order valence-corrected chi connectivity index (χ3v) is 140. The van der Waals surface area contributed by atoms with E-state index in [9.17, 15) is 0 Å². The second-order valence-corrected chi connectivity index (χ2v) is 121. The fourth-order valence-electron chi connectivity index (χ4n) is 8.16. The number of hydrogen-bond donors (Lipinski definition) is 1. The smallest absolute Gasteiger partial charge is 0.400 e. The molecule has 2 fully saturated rings. The van der Waals surface area contributed by atoms with Gasteiger partial charge in [0.2, 0.25) is 0 Å². The molecule has 2 rings (SSSR count). The quantitative estimate of drug-likeness (QED) is 0.0970. The molecule has 0 unspecified atom stereocenters. The summed E-state index contributed by atoms with van der Waals surface area (Å²) in [6.07, 6.45) is 7.39. The summed E-state index contributed by atoms with van der Waals surface area (Å²) in [7, 11) is -5.80. The van der Waals surface area contributed by atoms with Gasteiger partial charge in [-0.25, -0.2) is 0 Å². The van der Waals surface area contributed by atoms with Crippen LogP contribution in [0.15, 0.2) is 0 Å². The number of hydrogen-bond acceptors (Lipinski definition) is 3. The van der Waals surface area contributed by atoms with Gasteiger partial charge < -0.3 is 21.5 Å². The average Bonchev–Trinajstić information content (AvgIpc) is 3.73. The zero-order chi connectivity index (χ0) is 50.0. The number of halogens is 1. The number of aliphatic hydroxyl groups excluding tert-OH is 1. The van der Waals surface area contributed by atoms with Crippen LogP contribution in [-0.2, 0) is 9.47 Å². The normalized spacial score (nSPS) is 15.0. The Bertz CT molecular complexity index is 901. The van der Waals surface area contributed by atoms with E-state index >= 15 is 0 Å². The molecule has 17 heteroatoms. The molecule has 0 aromatic heterocycles. The first kappa shape index (κ1) is 79.2. The Morgan fingerprint density at radius 1 is 0.492 bits per heavy atom. The summed E-state index contributed by atoms with van der Waals surface area (Å²) in [5.74, 6) is 0. The van der Waals surface area contributed by atoms with Crippen molar-refractivity contribution in [1.29, 1.82) is 0 Å². The molecule has 2 aliphatic rings. The summed E-state index contributed by atoms with van der Waals surface area (Å²) in [5.41, 5.74) is 1.66. The van der Waals surface area contributed by atoms with Crippen molar-refractivity contribution in [1.82, 2.24) is 0 Å². The van der Waals surface area contributed by atoms with Gasteiger partial charge in [-0.3, -0.25) is 0 Å². The number of ether oxygens (including phenoxy) is 2. The maximum Gasteiger partial charge on any atom is 1.00 e. The van der Waals surface area contributed by atoms with Crippen molar-refractivity contribution in [2.45, 2.75) is 248 Å². The maximum atomic E-state index is 7.00. The molecule has 1 N–H and O–H groups in total. The third kappa shape index (κ3) is 51.7. The molecule has 3 nitrogen and oxygen atoms in total. The second kappa shape index (κ2) is 36.9. The zero-order valence-corrected chi connectivity index (χ0v) is 61.0. The van der Waals surface area contributed by atoms with Gasteiger partial charge in [0.25, 0.3) is 0 Å². The zero-order valence-electron chi connectivity index (χ0n) is 48.5. The van der Waals surface area contributed by atoms with Crippen LogP contribution < -0.4 is 18.9 Å². The topological polar surface area (TPSA) is 38.7 Å². The first-order chi connectivity index (χ1) is 26.2. The summed E-state index contributed by atoms with van der Waals surface area (Å²) < 4.78 is 9.89. The van der Waals surface area contributed by atoms with Crippen molar-refractivity contribution < 1.29 is 33.4 Å². The number of rotatable bonds is 11. The Balaban J connectivity index is -0.000000115. The summed E-state index contributed by atoms with van der Waals surface area (Å²) >= 11 is 6.01. The van der Waals surface area contributed by atoms with Gasteiger partial charge in [0.15, 0.2) is 7.38 Å². The molecule has 0 aromatic carbocycles. The van der Waals surface area contributed by atoms with E-state index in [1.54, 1.807) is 0 Å². The van der Waals surface area contributed by atoms with Gasteiger partial charge in [-0.1, -0.05) is 205 Å². The monoisotopic (exact) mass is 1080 g/mol. The van der Waals surface area contributed by atoms with Crippen molar-refractivity contribution in [3.8, 4) is 0 Å². The minimum Gasteiger partial charge on any atom is -0.400 e. The van der Waals surface area contributed by atoms with Crippen LogP contribution >= 0.6 is 31.9 Å². The first-order valence-electron chi connectivity index (χ1n) is 23.7. The van der Waals surface area contributed by atoms with Crippen molar-refractivity contribution in [2.75, 3.05) is 33.5 Å². The third-order valence-electron chi connectivity index (χ3n) is 9.47. The summed E-state index contributed by atoms with van der Waals surface area (Å²) in [5, 5.41) is 7.00. The summed E-state index contributed by atoms with van der Waals surface area (Å²) in [6.45, 7) is 83.4. The average molecular weight is 1080 g/mol. The molecular formula is C44H119ClLiO3P3Si9. The summed E-state index contributed by atoms with van der Waals surface area (Å²) in [6, 6.07) is 0. The molecule has 0 aromatic rings. The van der Waals surface area contributed by atoms with Gasteiger partial charge in [-0.05, 0) is 36.8 Å². The maximum absolute atomic E-state index is 7.00. The minimum atomic E-state index is -1.26. The molecule has 0 saturated carbocycles.